The highest BCUT2D eigenvalue weighted by atomic mass is 19.1. The summed E-state index contributed by atoms with van der Waals surface area (Å²) in [5, 5.41) is 8.53. The van der Waals surface area contributed by atoms with E-state index < -0.39 is 11.7 Å². The average molecular weight is 373 g/mol. The molecule has 0 aliphatic carbocycles. The summed E-state index contributed by atoms with van der Waals surface area (Å²) < 4.78 is 18.7. The van der Waals surface area contributed by atoms with Gasteiger partial charge in [0.1, 0.15) is 11.6 Å². The Balaban J connectivity index is 2.07. The van der Waals surface area contributed by atoms with Crippen molar-refractivity contribution in [1.82, 2.24) is 10.6 Å². The second-order valence-corrected chi connectivity index (χ2v) is 5.88. The minimum Gasteiger partial charge on any atom is -0.497 e. The number of amides is 2. The number of benzene rings is 2. The van der Waals surface area contributed by atoms with Gasteiger partial charge in [-0.25, -0.2) is 4.39 Å². The summed E-state index contributed by atoms with van der Waals surface area (Å²) in [7, 11) is 1.53. The maximum Gasteiger partial charge on any atom is 0.255 e. The molecule has 0 aliphatic heterocycles. The number of anilines is 1. The van der Waals surface area contributed by atoms with Gasteiger partial charge in [-0.1, -0.05) is 6.92 Å². The molecule has 7 heteroatoms. The van der Waals surface area contributed by atoms with Crippen molar-refractivity contribution in [2.75, 3.05) is 32.1 Å². The molecule has 6 nitrogen and oxygen atoms in total. The molecule has 2 rings (SSSR count). The second kappa shape index (κ2) is 10.3. The summed E-state index contributed by atoms with van der Waals surface area (Å²) in [6, 6.07) is 10.2. The number of rotatable bonds is 9. The number of carbonyl (C=O) groups is 2. The minimum absolute atomic E-state index is 0.120. The van der Waals surface area contributed by atoms with E-state index in [1.807, 2.05) is 0 Å². The molecule has 0 radical (unpaired) electrons. The molecule has 0 bridgehead atoms. The van der Waals surface area contributed by atoms with Crippen molar-refractivity contribution in [1.29, 1.82) is 0 Å². The monoisotopic (exact) mass is 373 g/mol. The number of nitrogens with one attached hydrogen (secondary N) is 3. The topological polar surface area (TPSA) is 79.5 Å². The van der Waals surface area contributed by atoms with Crippen LogP contribution in [0.5, 0.6) is 5.75 Å². The minimum atomic E-state index is -0.541. The second-order valence-electron chi connectivity index (χ2n) is 5.88. The van der Waals surface area contributed by atoms with E-state index in [1.54, 1.807) is 24.3 Å². The SMILES string of the molecule is CCCNCCNC(=O)c1ccc(F)cc1NC(=O)c1ccc(OC)cc1. The zero-order chi connectivity index (χ0) is 19.6. The molecule has 3 N–H and O–H groups in total. The fourth-order valence-electron chi connectivity index (χ4n) is 2.42. The van der Waals surface area contributed by atoms with Gasteiger partial charge in [-0.05, 0) is 55.4 Å². The molecule has 0 aromatic heterocycles. The molecule has 0 saturated heterocycles. The van der Waals surface area contributed by atoms with Gasteiger partial charge < -0.3 is 20.7 Å². The molecular formula is C20H24FN3O3. The van der Waals surface area contributed by atoms with Crippen LogP contribution in [0.25, 0.3) is 0 Å². The summed E-state index contributed by atoms with van der Waals surface area (Å²) >= 11 is 0. The fraction of sp³-hybridized carbons (Fsp3) is 0.300. The van der Waals surface area contributed by atoms with Gasteiger partial charge in [-0.3, -0.25) is 9.59 Å². The van der Waals surface area contributed by atoms with Gasteiger partial charge in [0.05, 0.1) is 18.4 Å². The van der Waals surface area contributed by atoms with E-state index in [0.717, 1.165) is 19.0 Å². The van der Waals surface area contributed by atoms with Gasteiger partial charge in [0, 0.05) is 18.7 Å². The Morgan fingerprint density at radius 2 is 1.74 bits per heavy atom. The van der Waals surface area contributed by atoms with Crippen LogP contribution >= 0.6 is 0 Å². The highest BCUT2D eigenvalue weighted by molar-refractivity contribution is 6.09. The fourth-order valence-corrected chi connectivity index (χ4v) is 2.42. The smallest absolute Gasteiger partial charge is 0.255 e. The lowest BCUT2D eigenvalue weighted by Gasteiger charge is -2.12. The zero-order valence-corrected chi connectivity index (χ0v) is 15.5. The molecule has 144 valence electrons. The molecule has 0 saturated carbocycles. The Morgan fingerprint density at radius 1 is 1.00 bits per heavy atom. The number of hydrogen-bond donors (Lipinski definition) is 3. The van der Waals surface area contributed by atoms with Gasteiger partial charge in [-0.2, -0.15) is 0 Å². The third-order valence-electron chi connectivity index (χ3n) is 3.84. The first kappa shape index (κ1) is 20.4. The Kier molecular flexibility index (Phi) is 7.76. The largest absolute Gasteiger partial charge is 0.497 e. The van der Waals surface area contributed by atoms with Gasteiger partial charge >= 0.3 is 0 Å². The molecule has 0 heterocycles. The van der Waals surface area contributed by atoms with E-state index in [2.05, 4.69) is 22.9 Å². The van der Waals surface area contributed by atoms with Crippen LogP contribution in [0.2, 0.25) is 0 Å². The predicted molar refractivity (Wildman–Crippen MR) is 103 cm³/mol. The molecular weight excluding hydrogens is 349 g/mol. The van der Waals surface area contributed by atoms with E-state index in [-0.39, 0.29) is 17.2 Å². The molecule has 2 aromatic carbocycles. The van der Waals surface area contributed by atoms with Crippen molar-refractivity contribution in [3.63, 3.8) is 0 Å². The van der Waals surface area contributed by atoms with Crippen molar-refractivity contribution in [3.05, 3.63) is 59.4 Å². The van der Waals surface area contributed by atoms with E-state index in [1.165, 1.54) is 19.2 Å². The number of hydrogen-bond acceptors (Lipinski definition) is 4. The van der Waals surface area contributed by atoms with Crippen molar-refractivity contribution in [2.24, 2.45) is 0 Å². The number of halogens is 1. The van der Waals surface area contributed by atoms with Crippen LogP contribution in [0.1, 0.15) is 34.1 Å². The van der Waals surface area contributed by atoms with Gasteiger partial charge in [-0.15, -0.1) is 0 Å². The van der Waals surface area contributed by atoms with Crippen LogP contribution < -0.4 is 20.7 Å². The van der Waals surface area contributed by atoms with Crippen LogP contribution in [0.3, 0.4) is 0 Å². The number of ether oxygens (including phenoxy) is 1. The Morgan fingerprint density at radius 3 is 2.41 bits per heavy atom. The zero-order valence-electron chi connectivity index (χ0n) is 15.5. The third-order valence-corrected chi connectivity index (χ3v) is 3.84. The van der Waals surface area contributed by atoms with Crippen molar-refractivity contribution in [3.8, 4) is 5.75 Å². The van der Waals surface area contributed by atoms with Crippen LogP contribution in [0.15, 0.2) is 42.5 Å². The molecule has 2 amide bonds. The van der Waals surface area contributed by atoms with Crippen molar-refractivity contribution >= 4 is 17.5 Å². The van der Waals surface area contributed by atoms with E-state index >= 15 is 0 Å². The van der Waals surface area contributed by atoms with Crippen LogP contribution in [0, 0.1) is 5.82 Å². The van der Waals surface area contributed by atoms with Crippen LogP contribution in [-0.2, 0) is 0 Å². The first-order chi connectivity index (χ1) is 13.0. The van der Waals surface area contributed by atoms with E-state index in [0.29, 0.717) is 24.4 Å². The summed E-state index contributed by atoms with van der Waals surface area (Å²) in [5.74, 6) is -0.740. The molecule has 0 fully saturated rings. The Labute approximate surface area is 158 Å². The molecule has 2 aromatic rings. The predicted octanol–water partition coefficient (Wildman–Crippen LogP) is 2.82. The van der Waals surface area contributed by atoms with Crippen LogP contribution in [-0.4, -0.2) is 38.6 Å². The first-order valence-electron chi connectivity index (χ1n) is 8.79. The first-order valence-corrected chi connectivity index (χ1v) is 8.79. The molecule has 0 unspecified atom stereocenters. The normalized spacial score (nSPS) is 10.3. The highest BCUT2D eigenvalue weighted by Gasteiger charge is 2.15. The van der Waals surface area contributed by atoms with Crippen LogP contribution in [0.4, 0.5) is 10.1 Å². The summed E-state index contributed by atoms with van der Waals surface area (Å²) in [6.45, 7) is 3.99. The maximum absolute atomic E-state index is 13.6. The number of carbonyl (C=O) groups excluding carboxylic acids is 2. The van der Waals surface area contributed by atoms with E-state index in [4.69, 9.17) is 4.74 Å². The summed E-state index contributed by atoms with van der Waals surface area (Å²) in [4.78, 5) is 24.8. The quantitative estimate of drug-likeness (QED) is 0.591. The van der Waals surface area contributed by atoms with Gasteiger partial charge in [0.2, 0.25) is 0 Å². The third kappa shape index (κ3) is 6.07. The summed E-state index contributed by atoms with van der Waals surface area (Å²) in [6.07, 6.45) is 1.01. The lowest BCUT2D eigenvalue weighted by atomic mass is 10.1. The Hall–Kier alpha value is -2.93. The standard InChI is InChI=1S/C20H24FN3O3/c1-3-10-22-11-12-23-20(26)17-9-6-15(21)13-18(17)24-19(25)14-4-7-16(27-2)8-5-14/h4-9,13,22H,3,10-12H2,1-2H3,(H,23,26)(H,24,25). The van der Waals surface area contributed by atoms with Gasteiger partial charge in [0.25, 0.3) is 11.8 Å². The molecule has 0 aliphatic rings. The molecule has 27 heavy (non-hydrogen) atoms. The van der Waals surface area contributed by atoms with Gasteiger partial charge in [0.15, 0.2) is 0 Å². The lowest BCUT2D eigenvalue weighted by molar-refractivity contribution is 0.0955. The number of methoxy groups -OCH3 is 1. The van der Waals surface area contributed by atoms with Crippen molar-refractivity contribution in [2.45, 2.75) is 13.3 Å². The maximum atomic E-state index is 13.6. The highest BCUT2D eigenvalue weighted by Crippen LogP contribution is 2.19. The average Bonchev–Trinajstić information content (AvgIpc) is 2.67. The van der Waals surface area contributed by atoms with Crippen molar-refractivity contribution < 1.29 is 18.7 Å². The molecule has 0 spiro atoms. The lowest BCUT2D eigenvalue weighted by Crippen LogP contribution is -2.32. The van der Waals surface area contributed by atoms with E-state index in [9.17, 15) is 14.0 Å². The summed E-state index contributed by atoms with van der Waals surface area (Å²) in [5.41, 5.74) is 0.693. The Bertz CT molecular complexity index is 779. The molecule has 0 atom stereocenters.